The van der Waals surface area contributed by atoms with Crippen LogP contribution in [0.1, 0.15) is 45.2 Å². The molecule has 4 atom stereocenters. The molecule has 5 N–H and O–H groups in total. The van der Waals surface area contributed by atoms with E-state index in [9.17, 15) is 15.0 Å². The summed E-state index contributed by atoms with van der Waals surface area (Å²) in [6.07, 6.45) is 0.0704. The Balaban J connectivity index is 1.89. The van der Waals surface area contributed by atoms with Gasteiger partial charge in [0.05, 0.1) is 6.33 Å². The van der Waals surface area contributed by atoms with Gasteiger partial charge in [-0.1, -0.05) is 19.3 Å². The Morgan fingerprint density at radius 3 is 2.89 bits per heavy atom. The molecular weight excluding hydrogens is 364 g/mol. The van der Waals surface area contributed by atoms with Crippen molar-refractivity contribution in [1.29, 1.82) is 0 Å². The Kier molecular flexibility index (Phi) is 6.08. The molecule has 1 aliphatic heterocycles. The average Bonchev–Trinajstić information content (AvgIpc) is 3.19. The first-order valence-electron chi connectivity index (χ1n) is 9.17. The first-order chi connectivity index (χ1) is 13.4. The molecular formula is C18H24N6O4. The maximum absolute atomic E-state index is 11.1. The second-order valence-corrected chi connectivity index (χ2v) is 6.65. The highest BCUT2D eigenvalue weighted by atomic mass is 16.6. The minimum absolute atomic E-state index is 0.0714. The van der Waals surface area contributed by atoms with Gasteiger partial charge in [-0.3, -0.25) is 9.36 Å². The van der Waals surface area contributed by atoms with E-state index >= 15 is 0 Å². The Hall–Kier alpha value is -2.74. The molecule has 3 rings (SSSR count). The minimum Gasteiger partial charge on any atom is -0.387 e. The van der Waals surface area contributed by atoms with Gasteiger partial charge in [-0.05, 0) is 12.3 Å². The Morgan fingerprint density at radius 1 is 1.39 bits per heavy atom. The second-order valence-electron chi connectivity index (χ2n) is 6.65. The van der Waals surface area contributed by atoms with E-state index in [4.69, 9.17) is 10.5 Å². The fourth-order valence-corrected chi connectivity index (χ4v) is 2.96. The topological polar surface area (TPSA) is 148 Å². The van der Waals surface area contributed by atoms with Gasteiger partial charge < -0.3 is 26.0 Å². The van der Waals surface area contributed by atoms with Gasteiger partial charge in [-0.15, -0.1) is 0 Å². The van der Waals surface area contributed by atoms with Crippen LogP contribution in [0.4, 0.5) is 5.82 Å². The number of rotatable bonds is 5. The Labute approximate surface area is 162 Å². The maximum Gasteiger partial charge on any atom is 0.216 e. The number of hydrogen-bond acceptors (Lipinski definition) is 8. The van der Waals surface area contributed by atoms with Gasteiger partial charge in [0.1, 0.15) is 23.8 Å². The molecule has 1 saturated heterocycles. The molecule has 1 fully saturated rings. The van der Waals surface area contributed by atoms with Gasteiger partial charge in [-0.2, -0.15) is 0 Å². The zero-order valence-corrected chi connectivity index (χ0v) is 15.8. The number of nitrogens with two attached hydrogens (primary N) is 1. The summed E-state index contributed by atoms with van der Waals surface area (Å²) in [6, 6.07) is 0. The monoisotopic (exact) mass is 388 g/mol. The second kappa shape index (κ2) is 8.52. The van der Waals surface area contributed by atoms with E-state index in [0.29, 0.717) is 11.2 Å². The van der Waals surface area contributed by atoms with Crippen LogP contribution in [-0.2, 0) is 9.53 Å². The molecule has 1 amide bonds. The van der Waals surface area contributed by atoms with Crippen molar-refractivity contribution in [2.45, 2.75) is 57.6 Å². The molecule has 150 valence electrons. The van der Waals surface area contributed by atoms with Crippen molar-refractivity contribution in [2.75, 3.05) is 12.3 Å². The summed E-state index contributed by atoms with van der Waals surface area (Å²) in [7, 11) is 0. The number of carbonyl (C=O) groups is 1. The quantitative estimate of drug-likeness (QED) is 0.403. The molecule has 10 nitrogen and oxygen atoms in total. The zero-order chi connectivity index (χ0) is 20.3. The highest BCUT2D eigenvalue weighted by Gasteiger charge is 2.44. The van der Waals surface area contributed by atoms with Gasteiger partial charge in [0.15, 0.2) is 17.7 Å². The Bertz CT molecular complexity index is 918. The smallest absolute Gasteiger partial charge is 0.216 e. The number of imidazole rings is 1. The predicted octanol–water partition coefficient (Wildman–Crippen LogP) is -0.294. The van der Waals surface area contributed by atoms with Crippen molar-refractivity contribution in [3.05, 3.63) is 12.2 Å². The summed E-state index contributed by atoms with van der Waals surface area (Å²) in [6.45, 7) is 3.52. The number of aliphatic hydroxyl groups is 2. The summed E-state index contributed by atoms with van der Waals surface area (Å²) in [5.41, 5.74) is 6.68. The molecule has 0 aliphatic carbocycles. The Morgan fingerprint density at radius 2 is 2.18 bits per heavy atom. The number of anilines is 1. The van der Waals surface area contributed by atoms with Crippen molar-refractivity contribution in [1.82, 2.24) is 24.8 Å². The minimum atomic E-state index is -1.23. The number of amides is 1. The summed E-state index contributed by atoms with van der Waals surface area (Å²) < 4.78 is 7.24. The van der Waals surface area contributed by atoms with Crippen LogP contribution in [0.3, 0.4) is 0 Å². The molecule has 3 heterocycles. The standard InChI is InChI=1S/C18H24N6O4/c1-3-4-5-6-7-12-22-16(19)13-17(23-12)24(9-21-13)18-15(27)14(26)11(28-18)8-20-10(2)25/h9,11,14-15,18,26-27H,3-5,8H2,1-2H3,(H,20,25)(H2,19,22,23)/t11-,14?,15?,18-/m1/s1. The SMILES string of the molecule is CCCCC#Cc1nc(N)c2ncn([C@@H]3O[C@H](CNC(C)=O)C(O)C3O)c2n1. The summed E-state index contributed by atoms with van der Waals surface area (Å²) in [5.74, 6) is 6.06. The fourth-order valence-electron chi connectivity index (χ4n) is 2.96. The van der Waals surface area contributed by atoms with Gasteiger partial charge in [-0.25, -0.2) is 15.0 Å². The molecule has 2 aromatic rings. The maximum atomic E-state index is 11.1. The molecule has 28 heavy (non-hydrogen) atoms. The molecule has 1 aliphatic rings. The van der Waals surface area contributed by atoms with E-state index in [1.807, 2.05) is 0 Å². The number of aliphatic hydroxyl groups excluding tert-OH is 2. The zero-order valence-electron chi connectivity index (χ0n) is 15.8. The van der Waals surface area contributed by atoms with Crippen molar-refractivity contribution in [2.24, 2.45) is 0 Å². The molecule has 10 heteroatoms. The lowest BCUT2D eigenvalue weighted by Crippen LogP contribution is -2.39. The molecule has 0 radical (unpaired) electrons. The van der Waals surface area contributed by atoms with E-state index in [2.05, 4.69) is 39.0 Å². The predicted molar refractivity (Wildman–Crippen MR) is 101 cm³/mol. The van der Waals surface area contributed by atoms with Crippen LogP contribution in [0.25, 0.3) is 11.2 Å². The van der Waals surface area contributed by atoms with Crippen molar-refractivity contribution in [3.63, 3.8) is 0 Å². The number of hydrogen-bond donors (Lipinski definition) is 4. The number of carbonyl (C=O) groups excluding carboxylic acids is 1. The van der Waals surface area contributed by atoms with Crippen LogP contribution in [0.2, 0.25) is 0 Å². The van der Waals surface area contributed by atoms with Gasteiger partial charge >= 0.3 is 0 Å². The molecule has 2 unspecified atom stereocenters. The van der Waals surface area contributed by atoms with Crippen molar-refractivity contribution in [3.8, 4) is 11.8 Å². The summed E-state index contributed by atoms with van der Waals surface area (Å²) in [5, 5.41) is 23.2. The third-order valence-corrected chi connectivity index (χ3v) is 4.47. The fraction of sp³-hybridized carbons (Fsp3) is 0.556. The van der Waals surface area contributed by atoms with Crippen LogP contribution >= 0.6 is 0 Å². The van der Waals surface area contributed by atoms with Crippen molar-refractivity contribution >= 4 is 22.9 Å². The summed E-state index contributed by atoms with van der Waals surface area (Å²) in [4.78, 5) is 23.8. The average molecular weight is 388 g/mol. The first kappa shape index (κ1) is 20.0. The van der Waals surface area contributed by atoms with Crippen LogP contribution in [-0.4, -0.2) is 60.5 Å². The van der Waals surface area contributed by atoms with Crippen molar-refractivity contribution < 1.29 is 19.7 Å². The van der Waals surface area contributed by atoms with E-state index in [1.165, 1.54) is 17.8 Å². The first-order valence-corrected chi connectivity index (χ1v) is 9.17. The van der Waals surface area contributed by atoms with Crippen LogP contribution in [0.5, 0.6) is 0 Å². The number of ether oxygens (including phenoxy) is 1. The van der Waals surface area contributed by atoms with Gasteiger partial charge in [0, 0.05) is 19.9 Å². The lowest BCUT2D eigenvalue weighted by Gasteiger charge is -2.16. The third kappa shape index (κ3) is 4.06. The van der Waals surface area contributed by atoms with Crippen LogP contribution in [0, 0.1) is 11.8 Å². The van der Waals surface area contributed by atoms with E-state index in [-0.39, 0.29) is 24.1 Å². The normalized spacial score (nSPS) is 24.1. The largest absolute Gasteiger partial charge is 0.387 e. The lowest BCUT2D eigenvalue weighted by atomic mass is 10.1. The van der Waals surface area contributed by atoms with E-state index in [0.717, 1.165) is 19.3 Å². The number of unbranched alkanes of at least 4 members (excludes halogenated alkanes) is 2. The molecule has 0 bridgehead atoms. The number of nitrogen functional groups attached to an aromatic ring is 1. The highest BCUT2D eigenvalue weighted by molar-refractivity contribution is 5.82. The number of nitrogens with zero attached hydrogens (tertiary/aromatic N) is 4. The van der Waals surface area contributed by atoms with E-state index < -0.39 is 24.5 Å². The van der Waals surface area contributed by atoms with Crippen LogP contribution in [0.15, 0.2) is 6.33 Å². The number of fused-ring (bicyclic) bond motifs is 1. The van der Waals surface area contributed by atoms with Crippen LogP contribution < -0.4 is 11.1 Å². The molecule has 0 spiro atoms. The highest BCUT2D eigenvalue weighted by Crippen LogP contribution is 2.31. The molecule has 0 aromatic carbocycles. The van der Waals surface area contributed by atoms with E-state index in [1.54, 1.807) is 0 Å². The summed E-state index contributed by atoms with van der Waals surface area (Å²) >= 11 is 0. The molecule has 2 aromatic heterocycles. The lowest BCUT2D eigenvalue weighted by molar-refractivity contribution is -0.120. The number of nitrogens with one attached hydrogen (secondary N) is 1. The van der Waals surface area contributed by atoms with Gasteiger partial charge in [0.2, 0.25) is 11.7 Å². The van der Waals surface area contributed by atoms with Gasteiger partial charge in [0.25, 0.3) is 0 Å². The third-order valence-electron chi connectivity index (χ3n) is 4.47. The number of aromatic nitrogens is 4. The molecule has 0 saturated carbocycles.